The van der Waals surface area contributed by atoms with E-state index in [-0.39, 0.29) is 12.5 Å². The summed E-state index contributed by atoms with van der Waals surface area (Å²) in [4.78, 5) is 22.6. The van der Waals surface area contributed by atoms with Crippen LogP contribution in [0.2, 0.25) is 0 Å². The molecule has 0 aliphatic rings. The minimum Gasteiger partial charge on any atom is -0.493 e. The van der Waals surface area contributed by atoms with Crippen LogP contribution in [-0.2, 0) is 14.3 Å². The van der Waals surface area contributed by atoms with Gasteiger partial charge in [0.25, 0.3) is 0 Å². The number of ether oxygens (including phenoxy) is 3. The van der Waals surface area contributed by atoms with Crippen LogP contribution in [0.1, 0.15) is 6.92 Å². The summed E-state index contributed by atoms with van der Waals surface area (Å²) < 4.78 is 16.0. The number of carbonyl (C=O) groups is 2. The van der Waals surface area contributed by atoms with Gasteiger partial charge >= 0.3 is 5.97 Å². The van der Waals surface area contributed by atoms with Gasteiger partial charge in [-0.15, -0.1) is 0 Å². The Labute approximate surface area is 125 Å². The largest absolute Gasteiger partial charge is 0.493 e. The van der Waals surface area contributed by atoms with E-state index in [4.69, 9.17) is 9.47 Å². The quantitative estimate of drug-likeness (QED) is 0.791. The highest BCUT2D eigenvalue weighted by Crippen LogP contribution is 2.34. The molecule has 0 saturated heterocycles. The van der Waals surface area contributed by atoms with Gasteiger partial charge in [-0.05, 0) is 28.1 Å². The average molecular weight is 346 g/mol. The minimum atomic E-state index is -0.880. The lowest BCUT2D eigenvalue weighted by molar-refractivity contribution is -0.145. The molecule has 1 N–H and O–H groups in total. The lowest BCUT2D eigenvalue weighted by atomic mass is 10.3. The number of methoxy groups -OCH3 is 2. The average Bonchev–Trinajstić information content (AvgIpc) is 2.42. The van der Waals surface area contributed by atoms with Crippen LogP contribution < -0.4 is 14.8 Å². The summed E-state index contributed by atoms with van der Waals surface area (Å²) in [6, 6.07) is 4.42. The normalized spacial score (nSPS) is 11.4. The smallest absolute Gasteiger partial charge is 0.331 e. The van der Waals surface area contributed by atoms with Gasteiger partial charge in [0.05, 0.1) is 18.7 Å². The maximum Gasteiger partial charge on any atom is 0.331 e. The van der Waals surface area contributed by atoms with Crippen molar-refractivity contribution >= 4 is 27.8 Å². The molecule has 20 heavy (non-hydrogen) atoms. The third-order valence-electron chi connectivity index (χ3n) is 2.41. The summed E-state index contributed by atoms with van der Waals surface area (Å²) in [5.41, 5.74) is 0. The van der Waals surface area contributed by atoms with Gasteiger partial charge in [-0.1, -0.05) is 6.07 Å². The molecule has 0 heterocycles. The maximum atomic E-state index is 11.5. The van der Waals surface area contributed by atoms with Crippen molar-refractivity contribution in [3.8, 4) is 11.5 Å². The summed E-state index contributed by atoms with van der Waals surface area (Å²) in [6.45, 7) is 1.25. The Balaban J connectivity index is 2.82. The minimum absolute atomic E-state index is 0.0643. The number of amides is 1. The van der Waals surface area contributed by atoms with E-state index in [0.717, 1.165) is 0 Å². The number of nitrogens with one attached hydrogen (secondary N) is 1. The summed E-state index contributed by atoms with van der Waals surface area (Å²) in [6.07, 6.45) is 0. The van der Waals surface area contributed by atoms with E-state index in [9.17, 15) is 9.59 Å². The molecule has 6 nitrogen and oxygen atoms in total. The van der Waals surface area contributed by atoms with Crippen LogP contribution in [0.5, 0.6) is 11.5 Å². The van der Waals surface area contributed by atoms with Crippen molar-refractivity contribution < 1.29 is 23.8 Å². The zero-order chi connectivity index (χ0) is 15.1. The van der Waals surface area contributed by atoms with Crippen LogP contribution in [0.25, 0.3) is 0 Å². The SMILES string of the molecule is COC(=O)C(COc1c(Br)cccc1OC)NC(C)=O. The monoisotopic (exact) mass is 345 g/mol. The van der Waals surface area contributed by atoms with Gasteiger partial charge in [0.1, 0.15) is 6.61 Å². The van der Waals surface area contributed by atoms with Crippen molar-refractivity contribution in [1.29, 1.82) is 0 Å². The van der Waals surface area contributed by atoms with Crippen LogP contribution in [-0.4, -0.2) is 38.7 Å². The highest BCUT2D eigenvalue weighted by molar-refractivity contribution is 9.10. The highest BCUT2D eigenvalue weighted by Gasteiger charge is 2.22. The van der Waals surface area contributed by atoms with Crippen molar-refractivity contribution in [3.63, 3.8) is 0 Å². The predicted octanol–water partition coefficient (Wildman–Crippen LogP) is 1.51. The van der Waals surface area contributed by atoms with Gasteiger partial charge in [0, 0.05) is 6.92 Å². The molecular weight excluding hydrogens is 330 g/mol. The Bertz CT molecular complexity index is 492. The third-order valence-corrected chi connectivity index (χ3v) is 3.03. The first-order valence-corrected chi connectivity index (χ1v) is 6.59. The number of hydrogen-bond acceptors (Lipinski definition) is 5. The summed E-state index contributed by atoms with van der Waals surface area (Å²) >= 11 is 3.33. The van der Waals surface area contributed by atoms with Gasteiger partial charge in [0.2, 0.25) is 5.91 Å². The summed E-state index contributed by atoms with van der Waals surface area (Å²) in [5.74, 6) is 0.0504. The van der Waals surface area contributed by atoms with E-state index in [1.807, 2.05) is 0 Å². The van der Waals surface area contributed by atoms with Crippen LogP contribution in [0.15, 0.2) is 22.7 Å². The second-order valence-corrected chi connectivity index (χ2v) is 4.71. The number of halogens is 1. The van der Waals surface area contributed by atoms with E-state index < -0.39 is 12.0 Å². The fraction of sp³-hybridized carbons (Fsp3) is 0.385. The van der Waals surface area contributed by atoms with Crippen molar-refractivity contribution in [1.82, 2.24) is 5.32 Å². The van der Waals surface area contributed by atoms with Crippen molar-refractivity contribution in [3.05, 3.63) is 22.7 Å². The molecule has 1 aromatic carbocycles. The standard InChI is InChI=1S/C13H16BrNO5/c1-8(16)15-10(13(17)19-3)7-20-12-9(14)5-4-6-11(12)18-2/h4-6,10H,7H2,1-3H3,(H,15,16). The van der Waals surface area contributed by atoms with E-state index in [1.165, 1.54) is 21.1 Å². The van der Waals surface area contributed by atoms with Gasteiger partial charge in [-0.25, -0.2) is 4.79 Å². The van der Waals surface area contributed by atoms with Crippen LogP contribution >= 0.6 is 15.9 Å². The Morgan fingerprint density at radius 3 is 2.60 bits per heavy atom. The molecule has 1 aromatic rings. The summed E-state index contributed by atoms with van der Waals surface area (Å²) in [7, 11) is 2.76. The number of esters is 1. The highest BCUT2D eigenvalue weighted by atomic mass is 79.9. The molecule has 0 fully saturated rings. The fourth-order valence-corrected chi connectivity index (χ4v) is 1.98. The first kappa shape index (κ1) is 16.3. The molecule has 0 spiro atoms. The van der Waals surface area contributed by atoms with Crippen LogP contribution in [0.4, 0.5) is 0 Å². The van der Waals surface area contributed by atoms with Gasteiger partial charge in [-0.3, -0.25) is 4.79 Å². The number of carbonyl (C=O) groups excluding carboxylic acids is 2. The number of para-hydroxylation sites is 1. The molecule has 110 valence electrons. The number of benzene rings is 1. The Kier molecular flexibility index (Phi) is 6.30. The zero-order valence-electron chi connectivity index (χ0n) is 11.4. The second kappa shape index (κ2) is 7.74. The predicted molar refractivity (Wildman–Crippen MR) is 75.8 cm³/mol. The van der Waals surface area contributed by atoms with Crippen molar-refractivity contribution in [2.75, 3.05) is 20.8 Å². The van der Waals surface area contributed by atoms with Crippen molar-refractivity contribution in [2.24, 2.45) is 0 Å². The molecule has 0 bridgehead atoms. The first-order valence-electron chi connectivity index (χ1n) is 5.79. The number of hydrogen-bond donors (Lipinski definition) is 1. The molecule has 0 saturated carbocycles. The molecule has 1 unspecified atom stereocenters. The Morgan fingerprint density at radius 1 is 1.35 bits per heavy atom. The molecule has 0 radical (unpaired) electrons. The molecular formula is C13H16BrNO5. The van der Waals surface area contributed by atoms with E-state index in [0.29, 0.717) is 16.0 Å². The van der Waals surface area contributed by atoms with Crippen LogP contribution in [0, 0.1) is 0 Å². The molecule has 1 amide bonds. The second-order valence-electron chi connectivity index (χ2n) is 3.86. The van der Waals surface area contributed by atoms with Gasteiger partial charge < -0.3 is 19.5 Å². The number of rotatable bonds is 6. The Hall–Kier alpha value is -1.76. The van der Waals surface area contributed by atoms with E-state index in [1.54, 1.807) is 18.2 Å². The molecule has 0 aliphatic heterocycles. The third kappa shape index (κ3) is 4.41. The lowest BCUT2D eigenvalue weighted by Crippen LogP contribution is -2.44. The van der Waals surface area contributed by atoms with E-state index in [2.05, 4.69) is 26.0 Å². The zero-order valence-corrected chi connectivity index (χ0v) is 13.0. The lowest BCUT2D eigenvalue weighted by Gasteiger charge is -2.18. The maximum absolute atomic E-state index is 11.5. The van der Waals surface area contributed by atoms with E-state index >= 15 is 0 Å². The molecule has 1 rings (SSSR count). The van der Waals surface area contributed by atoms with Crippen LogP contribution in [0.3, 0.4) is 0 Å². The molecule has 0 aromatic heterocycles. The first-order chi connectivity index (χ1) is 9.49. The topological polar surface area (TPSA) is 73.9 Å². The molecule has 1 atom stereocenters. The van der Waals surface area contributed by atoms with Gasteiger partial charge in [0.15, 0.2) is 17.5 Å². The molecule has 0 aliphatic carbocycles. The molecule has 7 heteroatoms. The van der Waals surface area contributed by atoms with Crippen molar-refractivity contribution in [2.45, 2.75) is 13.0 Å². The fourth-order valence-electron chi connectivity index (χ4n) is 1.51. The Morgan fingerprint density at radius 2 is 2.05 bits per heavy atom. The van der Waals surface area contributed by atoms with Gasteiger partial charge in [-0.2, -0.15) is 0 Å². The summed E-state index contributed by atoms with van der Waals surface area (Å²) in [5, 5.41) is 2.46.